The number of rotatable bonds is 8. The number of anilines is 2. The lowest BCUT2D eigenvalue weighted by Gasteiger charge is -2.20. The summed E-state index contributed by atoms with van der Waals surface area (Å²) in [5, 5.41) is 16.9. The maximum Gasteiger partial charge on any atom is 0.271 e. The van der Waals surface area contributed by atoms with Crippen LogP contribution in [0, 0.1) is 24.0 Å². The lowest BCUT2D eigenvalue weighted by molar-refractivity contribution is -0.384. The molecule has 0 aliphatic carbocycles. The van der Waals surface area contributed by atoms with Crippen LogP contribution < -0.4 is 10.6 Å². The monoisotopic (exact) mass is 418 g/mol. The number of aryl methyl sites for hydroxylation is 2. The number of halogens is 1. The molecule has 0 spiro atoms. The van der Waals surface area contributed by atoms with E-state index in [1.54, 1.807) is 30.0 Å². The molecule has 154 valence electrons. The Morgan fingerprint density at radius 2 is 1.52 bits per heavy atom. The second kappa shape index (κ2) is 9.99. The maximum atomic E-state index is 12.4. The van der Waals surface area contributed by atoms with Crippen molar-refractivity contribution in [3.8, 4) is 0 Å². The number of hydrogen-bond donors (Lipinski definition) is 2. The fraction of sp³-hybridized carbons (Fsp3) is 0.300. The molecule has 0 aliphatic heterocycles. The molecule has 0 aliphatic rings. The van der Waals surface area contributed by atoms with E-state index in [9.17, 15) is 19.7 Å². The van der Waals surface area contributed by atoms with Crippen molar-refractivity contribution >= 4 is 40.5 Å². The number of nitrogens with zero attached hydrogens (tertiary/aromatic N) is 2. The van der Waals surface area contributed by atoms with Crippen LogP contribution in [0.25, 0.3) is 0 Å². The minimum absolute atomic E-state index is 0.0177. The van der Waals surface area contributed by atoms with Crippen molar-refractivity contribution in [2.75, 3.05) is 30.3 Å². The Morgan fingerprint density at radius 1 is 1.00 bits per heavy atom. The molecule has 0 saturated heterocycles. The topological polar surface area (TPSA) is 105 Å². The van der Waals surface area contributed by atoms with Crippen molar-refractivity contribution in [2.45, 2.75) is 20.8 Å². The van der Waals surface area contributed by atoms with Gasteiger partial charge in [0.25, 0.3) is 5.69 Å². The summed E-state index contributed by atoms with van der Waals surface area (Å²) in [6, 6.07) is 9.49. The van der Waals surface area contributed by atoms with Gasteiger partial charge in [0.2, 0.25) is 11.8 Å². The van der Waals surface area contributed by atoms with Crippen molar-refractivity contribution in [3.05, 3.63) is 62.7 Å². The Balaban J connectivity index is 1.97. The number of benzene rings is 2. The van der Waals surface area contributed by atoms with Gasteiger partial charge in [-0.05, 0) is 43.7 Å². The highest BCUT2D eigenvalue weighted by Gasteiger charge is 2.16. The van der Waals surface area contributed by atoms with E-state index >= 15 is 0 Å². The summed E-state index contributed by atoms with van der Waals surface area (Å²) in [5.41, 5.74) is 2.48. The number of nitro groups is 1. The van der Waals surface area contributed by atoms with E-state index in [1.807, 2.05) is 19.9 Å². The standard InChI is InChI=1S/C20H23ClN4O4/c1-4-24(11-19(26)22-17-9-15(21)7-5-13(17)2)12-20(27)23-18-10-16(25(28)29)8-6-14(18)3/h5-10H,4,11-12H2,1-3H3,(H,22,26)(H,23,27). The first kappa shape index (κ1) is 22.3. The van der Waals surface area contributed by atoms with Crippen LogP contribution in [0.1, 0.15) is 18.1 Å². The third kappa shape index (κ3) is 6.55. The molecule has 2 rings (SSSR count). The number of non-ortho nitro benzene ring substituents is 1. The molecule has 0 saturated carbocycles. The fourth-order valence-electron chi connectivity index (χ4n) is 2.65. The first-order chi connectivity index (χ1) is 13.7. The average Bonchev–Trinajstić information content (AvgIpc) is 2.65. The quantitative estimate of drug-likeness (QED) is 0.501. The van der Waals surface area contributed by atoms with Crippen LogP contribution >= 0.6 is 11.6 Å². The summed E-state index contributed by atoms with van der Waals surface area (Å²) in [5.74, 6) is -0.626. The normalized spacial score (nSPS) is 10.7. The summed E-state index contributed by atoms with van der Waals surface area (Å²) in [6.07, 6.45) is 0. The number of nitro benzene ring substituents is 1. The first-order valence-electron chi connectivity index (χ1n) is 9.02. The Kier molecular flexibility index (Phi) is 7.69. The van der Waals surface area contributed by atoms with Crippen molar-refractivity contribution in [3.63, 3.8) is 0 Å². The van der Waals surface area contributed by atoms with Crippen molar-refractivity contribution in [2.24, 2.45) is 0 Å². The Bertz CT molecular complexity index is 933. The molecule has 0 unspecified atom stereocenters. The molecule has 0 fully saturated rings. The van der Waals surface area contributed by atoms with Gasteiger partial charge in [0.05, 0.1) is 23.7 Å². The zero-order valence-electron chi connectivity index (χ0n) is 16.5. The summed E-state index contributed by atoms with van der Waals surface area (Å²) < 4.78 is 0. The summed E-state index contributed by atoms with van der Waals surface area (Å²) in [6.45, 7) is 5.91. The highest BCUT2D eigenvalue weighted by molar-refractivity contribution is 6.31. The lowest BCUT2D eigenvalue weighted by atomic mass is 10.2. The SMILES string of the molecule is CCN(CC(=O)Nc1cc(Cl)ccc1C)CC(=O)Nc1cc([N+](=O)[O-])ccc1C. The molecule has 0 heterocycles. The molecule has 9 heteroatoms. The lowest BCUT2D eigenvalue weighted by Crippen LogP contribution is -2.38. The van der Waals surface area contributed by atoms with Crippen LogP contribution in [0.2, 0.25) is 5.02 Å². The van der Waals surface area contributed by atoms with Gasteiger partial charge in [-0.1, -0.05) is 30.7 Å². The van der Waals surface area contributed by atoms with Crippen LogP contribution in [0.3, 0.4) is 0 Å². The maximum absolute atomic E-state index is 12.4. The van der Waals surface area contributed by atoms with Gasteiger partial charge in [0, 0.05) is 22.8 Å². The minimum atomic E-state index is -0.518. The van der Waals surface area contributed by atoms with Crippen LogP contribution in [0.4, 0.5) is 17.1 Å². The molecule has 2 N–H and O–H groups in total. The second-order valence-corrected chi connectivity index (χ2v) is 7.05. The van der Waals surface area contributed by atoms with Gasteiger partial charge in [-0.25, -0.2) is 0 Å². The molecule has 8 nitrogen and oxygen atoms in total. The van der Waals surface area contributed by atoms with Crippen molar-refractivity contribution < 1.29 is 14.5 Å². The van der Waals surface area contributed by atoms with Crippen LogP contribution in [-0.2, 0) is 9.59 Å². The average molecular weight is 419 g/mol. The Hall–Kier alpha value is -2.97. The minimum Gasteiger partial charge on any atom is -0.325 e. The molecule has 0 atom stereocenters. The van der Waals surface area contributed by atoms with E-state index in [-0.39, 0.29) is 30.6 Å². The van der Waals surface area contributed by atoms with Crippen molar-refractivity contribution in [1.82, 2.24) is 4.90 Å². The van der Waals surface area contributed by atoms with Gasteiger partial charge >= 0.3 is 0 Å². The molecule has 0 aromatic heterocycles. The predicted octanol–water partition coefficient (Wildman–Crippen LogP) is 3.76. The number of hydrogen-bond acceptors (Lipinski definition) is 5. The highest BCUT2D eigenvalue weighted by Crippen LogP contribution is 2.22. The van der Waals surface area contributed by atoms with E-state index in [2.05, 4.69) is 10.6 Å². The van der Waals surface area contributed by atoms with E-state index in [0.29, 0.717) is 28.5 Å². The Labute approximate surface area is 174 Å². The molecule has 2 aromatic rings. The van der Waals surface area contributed by atoms with Crippen molar-refractivity contribution in [1.29, 1.82) is 0 Å². The van der Waals surface area contributed by atoms with E-state index in [1.165, 1.54) is 12.1 Å². The summed E-state index contributed by atoms with van der Waals surface area (Å²) >= 11 is 5.97. The largest absolute Gasteiger partial charge is 0.325 e. The molecular formula is C20H23ClN4O4. The number of amides is 2. The fourth-order valence-corrected chi connectivity index (χ4v) is 2.82. The smallest absolute Gasteiger partial charge is 0.271 e. The number of carbonyl (C=O) groups is 2. The third-order valence-electron chi connectivity index (χ3n) is 4.36. The van der Waals surface area contributed by atoms with Gasteiger partial charge in [-0.2, -0.15) is 0 Å². The molecule has 2 aromatic carbocycles. The predicted molar refractivity (Wildman–Crippen MR) is 113 cm³/mol. The highest BCUT2D eigenvalue weighted by atomic mass is 35.5. The van der Waals surface area contributed by atoms with Gasteiger partial charge in [0.15, 0.2) is 0 Å². The summed E-state index contributed by atoms with van der Waals surface area (Å²) in [4.78, 5) is 36.8. The van der Waals surface area contributed by atoms with Gasteiger partial charge < -0.3 is 10.6 Å². The van der Waals surface area contributed by atoms with Gasteiger partial charge in [0.1, 0.15) is 0 Å². The second-order valence-electron chi connectivity index (χ2n) is 6.62. The molecular weight excluding hydrogens is 396 g/mol. The molecule has 0 radical (unpaired) electrons. The zero-order chi connectivity index (χ0) is 21.6. The van der Waals surface area contributed by atoms with Gasteiger partial charge in [-0.3, -0.25) is 24.6 Å². The zero-order valence-corrected chi connectivity index (χ0v) is 17.2. The molecule has 29 heavy (non-hydrogen) atoms. The summed E-state index contributed by atoms with van der Waals surface area (Å²) in [7, 11) is 0. The third-order valence-corrected chi connectivity index (χ3v) is 4.60. The van der Waals surface area contributed by atoms with Crippen LogP contribution in [-0.4, -0.2) is 41.3 Å². The molecule has 0 bridgehead atoms. The van der Waals surface area contributed by atoms with E-state index in [4.69, 9.17) is 11.6 Å². The number of likely N-dealkylation sites (N-methyl/N-ethyl adjacent to an activating group) is 1. The van der Waals surface area contributed by atoms with E-state index < -0.39 is 4.92 Å². The first-order valence-corrected chi connectivity index (χ1v) is 9.40. The van der Waals surface area contributed by atoms with Crippen LogP contribution in [0.5, 0.6) is 0 Å². The van der Waals surface area contributed by atoms with Gasteiger partial charge in [-0.15, -0.1) is 0 Å². The van der Waals surface area contributed by atoms with Crippen LogP contribution in [0.15, 0.2) is 36.4 Å². The Morgan fingerprint density at radius 3 is 2.03 bits per heavy atom. The number of nitrogens with one attached hydrogen (secondary N) is 2. The van der Waals surface area contributed by atoms with E-state index in [0.717, 1.165) is 5.56 Å². The molecule has 2 amide bonds. The number of carbonyl (C=O) groups excluding carboxylic acids is 2.